The number of benzene rings is 1. The predicted molar refractivity (Wildman–Crippen MR) is 106 cm³/mol. The zero-order chi connectivity index (χ0) is 19.6. The van der Waals surface area contributed by atoms with E-state index in [1.54, 1.807) is 14.2 Å². The molecule has 2 saturated heterocycles. The van der Waals surface area contributed by atoms with Gasteiger partial charge < -0.3 is 29.2 Å². The minimum atomic E-state index is -0.395. The molecule has 4 rings (SSSR count). The lowest BCUT2D eigenvalue weighted by molar-refractivity contribution is -0.169. The molecule has 1 aromatic heterocycles. The van der Waals surface area contributed by atoms with Crippen molar-refractivity contribution < 1.29 is 18.9 Å². The van der Waals surface area contributed by atoms with Gasteiger partial charge >= 0.3 is 0 Å². The third-order valence-electron chi connectivity index (χ3n) is 5.16. The molecular weight excluding hydrogens is 360 g/mol. The highest BCUT2D eigenvalue weighted by atomic mass is 16.7. The summed E-state index contributed by atoms with van der Waals surface area (Å²) in [5.74, 6) is 3.37. The van der Waals surface area contributed by atoms with Gasteiger partial charge in [-0.2, -0.15) is 0 Å². The molecule has 2 aliphatic rings. The Hall–Kier alpha value is -2.58. The average Bonchev–Trinajstić information content (AvgIpc) is 3.16. The van der Waals surface area contributed by atoms with E-state index in [4.69, 9.17) is 18.9 Å². The van der Waals surface area contributed by atoms with Crippen molar-refractivity contribution in [2.24, 2.45) is 0 Å². The van der Waals surface area contributed by atoms with Crippen LogP contribution in [-0.2, 0) is 9.47 Å². The molecule has 2 aromatic rings. The van der Waals surface area contributed by atoms with E-state index in [0.717, 1.165) is 43.2 Å². The molecule has 3 heterocycles. The molecule has 2 aliphatic heterocycles. The van der Waals surface area contributed by atoms with Crippen LogP contribution in [0.1, 0.15) is 18.7 Å². The number of ether oxygens (including phenoxy) is 4. The summed E-state index contributed by atoms with van der Waals surface area (Å²) in [4.78, 5) is 11.4. The van der Waals surface area contributed by atoms with Crippen LogP contribution in [0, 0.1) is 6.92 Å². The summed E-state index contributed by atoms with van der Waals surface area (Å²) in [6.07, 6.45) is 1.67. The molecule has 8 heteroatoms. The summed E-state index contributed by atoms with van der Waals surface area (Å²) in [6, 6.07) is 7.56. The molecule has 0 aliphatic carbocycles. The molecule has 0 bridgehead atoms. The van der Waals surface area contributed by atoms with Crippen molar-refractivity contribution in [2.45, 2.75) is 25.6 Å². The van der Waals surface area contributed by atoms with Crippen LogP contribution in [0.5, 0.6) is 11.5 Å². The van der Waals surface area contributed by atoms with E-state index in [-0.39, 0.29) is 0 Å². The number of anilines is 3. The van der Waals surface area contributed by atoms with Gasteiger partial charge in [0.1, 0.15) is 29.0 Å². The Morgan fingerprint density at radius 1 is 1.04 bits per heavy atom. The molecule has 0 radical (unpaired) electrons. The van der Waals surface area contributed by atoms with E-state index in [1.807, 2.05) is 31.2 Å². The minimum Gasteiger partial charge on any atom is -0.497 e. The number of hydrogen-bond acceptors (Lipinski definition) is 8. The molecule has 28 heavy (non-hydrogen) atoms. The predicted octanol–water partition coefficient (Wildman–Crippen LogP) is 2.89. The van der Waals surface area contributed by atoms with Crippen molar-refractivity contribution >= 4 is 17.3 Å². The highest BCUT2D eigenvalue weighted by Crippen LogP contribution is 2.34. The second kappa shape index (κ2) is 7.81. The van der Waals surface area contributed by atoms with Gasteiger partial charge in [0.2, 0.25) is 0 Å². The van der Waals surface area contributed by atoms with Gasteiger partial charge in [-0.3, -0.25) is 0 Å². The molecule has 0 unspecified atom stereocenters. The maximum absolute atomic E-state index is 5.82. The van der Waals surface area contributed by atoms with Crippen LogP contribution in [0.4, 0.5) is 17.3 Å². The third-order valence-corrected chi connectivity index (χ3v) is 5.16. The summed E-state index contributed by atoms with van der Waals surface area (Å²) in [5, 5.41) is 3.33. The second-order valence-electron chi connectivity index (χ2n) is 6.94. The lowest BCUT2D eigenvalue weighted by Gasteiger charge is -2.38. The van der Waals surface area contributed by atoms with Crippen LogP contribution in [-0.4, -0.2) is 56.3 Å². The van der Waals surface area contributed by atoms with Crippen molar-refractivity contribution in [1.29, 1.82) is 0 Å². The number of aromatic nitrogens is 2. The van der Waals surface area contributed by atoms with Crippen LogP contribution < -0.4 is 19.7 Å². The van der Waals surface area contributed by atoms with E-state index >= 15 is 0 Å². The van der Waals surface area contributed by atoms with Gasteiger partial charge in [0.05, 0.1) is 33.1 Å². The van der Waals surface area contributed by atoms with Crippen LogP contribution in [0.2, 0.25) is 0 Å². The van der Waals surface area contributed by atoms with Crippen molar-refractivity contribution in [3.63, 3.8) is 0 Å². The average molecular weight is 386 g/mol. The molecule has 150 valence electrons. The Kier molecular flexibility index (Phi) is 5.23. The first kappa shape index (κ1) is 18.8. The number of methoxy groups -OCH3 is 2. The smallest absolute Gasteiger partial charge is 0.171 e. The molecule has 2 fully saturated rings. The van der Waals surface area contributed by atoms with Crippen molar-refractivity contribution in [3.8, 4) is 11.5 Å². The number of nitrogens with zero attached hydrogens (tertiary/aromatic N) is 3. The van der Waals surface area contributed by atoms with Gasteiger partial charge in [0.25, 0.3) is 0 Å². The molecule has 1 spiro atoms. The number of aryl methyl sites for hydroxylation is 1. The van der Waals surface area contributed by atoms with E-state index < -0.39 is 5.79 Å². The topological polar surface area (TPSA) is 78.0 Å². The lowest BCUT2D eigenvalue weighted by Crippen LogP contribution is -2.45. The van der Waals surface area contributed by atoms with Gasteiger partial charge in [-0.05, 0) is 19.1 Å². The first-order chi connectivity index (χ1) is 13.6. The normalized spacial score (nSPS) is 18.3. The van der Waals surface area contributed by atoms with Gasteiger partial charge in [-0.15, -0.1) is 0 Å². The Bertz CT molecular complexity index is 829. The second-order valence-corrected chi connectivity index (χ2v) is 6.94. The minimum absolute atomic E-state index is 0.395. The Morgan fingerprint density at radius 3 is 2.46 bits per heavy atom. The first-order valence-electron chi connectivity index (χ1n) is 9.48. The van der Waals surface area contributed by atoms with E-state index in [9.17, 15) is 0 Å². The fourth-order valence-electron chi connectivity index (χ4n) is 3.69. The van der Waals surface area contributed by atoms with Crippen molar-refractivity contribution in [3.05, 3.63) is 30.1 Å². The Morgan fingerprint density at radius 2 is 1.79 bits per heavy atom. The Labute approximate surface area is 164 Å². The molecule has 0 saturated carbocycles. The monoisotopic (exact) mass is 386 g/mol. The standard InChI is InChI=1S/C20H26N4O4/c1-14-21-18(23-16-12-15(25-2)4-5-17(16)26-3)13-19(22-14)24-8-6-20(7-9-24)27-10-11-28-20/h4-5,12-13H,6-11H2,1-3H3,(H,21,22,23). The van der Waals surface area contributed by atoms with E-state index in [2.05, 4.69) is 20.2 Å². The number of rotatable bonds is 5. The maximum atomic E-state index is 5.82. The summed E-state index contributed by atoms with van der Waals surface area (Å²) in [7, 11) is 3.28. The summed E-state index contributed by atoms with van der Waals surface area (Å²) in [6.45, 7) is 4.93. The lowest BCUT2D eigenvalue weighted by atomic mass is 10.0. The number of nitrogens with one attached hydrogen (secondary N) is 1. The number of piperidine rings is 1. The number of hydrogen-bond donors (Lipinski definition) is 1. The molecule has 0 atom stereocenters. The van der Waals surface area contributed by atoms with E-state index in [0.29, 0.717) is 30.6 Å². The van der Waals surface area contributed by atoms with Crippen molar-refractivity contribution in [2.75, 3.05) is 50.7 Å². The maximum Gasteiger partial charge on any atom is 0.171 e. The fraction of sp³-hybridized carbons (Fsp3) is 0.500. The highest BCUT2D eigenvalue weighted by molar-refractivity contribution is 5.67. The molecule has 8 nitrogen and oxygen atoms in total. The SMILES string of the molecule is COc1ccc(OC)c(Nc2cc(N3CCC4(CC3)OCCO4)nc(C)n2)c1. The largest absolute Gasteiger partial charge is 0.497 e. The highest BCUT2D eigenvalue weighted by Gasteiger charge is 2.40. The van der Waals surface area contributed by atoms with Gasteiger partial charge in [-0.1, -0.05) is 0 Å². The first-order valence-corrected chi connectivity index (χ1v) is 9.48. The van der Waals surface area contributed by atoms with Crippen molar-refractivity contribution in [1.82, 2.24) is 9.97 Å². The quantitative estimate of drug-likeness (QED) is 0.841. The van der Waals surface area contributed by atoms with Crippen LogP contribution in [0.3, 0.4) is 0 Å². The summed E-state index contributed by atoms with van der Waals surface area (Å²) < 4.78 is 22.4. The molecule has 1 aromatic carbocycles. The molecule has 1 N–H and O–H groups in total. The Balaban J connectivity index is 1.53. The van der Waals surface area contributed by atoms with Gasteiger partial charge in [-0.25, -0.2) is 9.97 Å². The van der Waals surface area contributed by atoms with Gasteiger partial charge in [0.15, 0.2) is 5.79 Å². The molecule has 0 amide bonds. The zero-order valence-electron chi connectivity index (χ0n) is 16.5. The third kappa shape index (κ3) is 3.83. The summed E-state index contributed by atoms with van der Waals surface area (Å²) >= 11 is 0. The zero-order valence-corrected chi connectivity index (χ0v) is 16.5. The van der Waals surface area contributed by atoms with Crippen LogP contribution >= 0.6 is 0 Å². The van der Waals surface area contributed by atoms with E-state index in [1.165, 1.54) is 0 Å². The van der Waals surface area contributed by atoms with Crippen LogP contribution in [0.25, 0.3) is 0 Å². The summed E-state index contributed by atoms with van der Waals surface area (Å²) in [5.41, 5.74) is 0.788. The van der Waals surface area contributed by atoms with Crippen LogP contribution in [0.15, 0.2) is 24.3 Å². The van der Waals surface area contributed by atoms with Gasteiger partial charge in [0, 0.05) is 38.1 Å². The molecular formula is C20H26N4O4. The fourth-order valence-corrected chi connectivity index (χ4v) is 3.69.